The van der Waals surface area contributed by atoms with Crippen LogP contribution in [0.25, 0.3) is 0 Å². The maximum atomic E-state index is 5.73. The summed E-state index contributed by atoms with van der Waals surface area (Å²) in [4.78, 5) is 4.58. The van der Waals surface area contributed by atoms with Crippen LogP contribution in [-0.4, -0.2) is 51.5 Å². The molecule has 2 rings (SSSR count). The monoisotopic (exact) mass is 283 g/mol. The average molecular weight is 283 g/mol. The van der Waals surface area contributed by atoms with E-state index in [1.807, 2.05) is 0 Å². The van der Waals surface area contributed by atoms with Gasteiger partial charge in [-0.05, 0) is 32.1 Å². The van der Waals surface area contributed by atoms with E-state index in [1.54, 1.807) is 0 Å². The number of nitrogens with zero attached hydrogens (tertiary/aromatic N) is 1. The smallest absolute Gasteiger partial charge is 0.191 e. The Hall–Kier alpha value is -0.810. The quantitative estimate of drug-likeness (QED) is 0.383. The van der Waals surface area contributed by atoms with Gasteiger partial charge in [-0.25, -0.2) is 0 Å². The first kappa shape index (κ1) is 15.6. The number of rotatable bonds is 9. The van der Waals surface area contributed by atoms with E-state index in [9.17, 15) is 0 Å². The first-order valence-corrected chi connectivity index (χ1v) is 8.10. The summed E-state index contributed by atoms with van der Waals surface area (Å²) in [5.41, 5.74) is 0. The van der Waals surface area contributed by atoms with Crippen LogP contribution in [0.2, 0.25) is 0 Å². The Morgan fingerprint density at radius 3 is 2.90 bits per heavy atom. The molecule has 2 aliphatic rings. The van der Waals surface area contributed by atoms with Gasteiger partial charge in [0.25, 0.3) is 0 Å². The standard InChI is InChI=1S/C15H29N3O2/c1-2-16-15(18-9-6-13-4-5-13)17-8-3-10-20-14-7-11-19-12-14/h13-14H,2-12H2,1H3,(H2,16,17,18). The van der Waals surface area contributed by atoms with E-state index in [0.717, 1.165) is 64.2 Å². The highest BCUT2D eigenvalue weighted by molar-refractivity contribution is 5.79. The second kappa shape index (κ2) is 9.19. The lowest BCUT2D eigenvalue weighted by Gasteiger charge is -2.11. The van der Waals surface area contributed by atoms with Crippen LogP contribution in [0, 0.1) is 5.92 Å². The zero-order chi connectivity index (χ0) is 14.0. The number of ether oxygens (including phenoxy) is 2. The van der Waals surface area contributed by atoms with E-state index in [-0.39, 0.29) is 0 Å². The fourth-order valence-corrected chi connectivity index (χ4v) is 2.29. The molecule has 0 aromatic carbocycles. The highest BCUT2D eigenvalue weighted by Gasteiger charge is 2.20. The molecule has 0 spiro atoms. The van der Waals surface area contributed by atoms with Crippen molar-refractivity contribution in [2.45, 2.75) is 45.1 Å². The molecule has 0 amide bonds. The predicted molar refractivity (Wildman–Crippen MR) is 81.1 cm³/mol. The van der Waals surface area contributed by atoms with E-state index in [4.69, 9.17) is 9.47 Å². The van der Waals surface area contributed by atoms with Gasteiger partial charge in [0.15, 0.2) is 5.96 Å². The zero-order valence-electron chi connectivity index (χ0n) is 12.7. The Labute approximate surface area is 122 Å². The molecule has 5 nitrogen and oxygen atoms in total. The van der Waals surface area contributed by atoms with Crippen molar-refractivity contribution in [3.8, 4) is 0 Å². The van der Waals surface area contributed by atoms with Gasteiger partial charge >= 0.3 is 0 Å². The second-order valence-electron chi connectivity index (χ2n) is 5.63. The van der Waals surface area contributed by atoms with Crippen molar-refractivity contribution in [1.82, 2.24) is 10.6 Å². The lowest BCUT2D eigenvalue weighted by Crippen LogP contribution is -2.38. The summed E-state index contributed by atoms with van der Waals surface area (Å²) in [5, 5.41) is 6.69. The lowest BCUT2D eigenvalue weighted by atomic mass is 10.3. The highest BCUT2D eigenvalue weighted by atomic mass is 16.5. The van der Waals surface area contributed by atoms with Gasteiger partial charge in [-0.3, -0.25) is 4.99 Å². The summed E-state index contributed by atoms with van der Waals surface area (Å²) >= 11 is 0. The molecule has 1 aliphatic carbocycles. The molecule has 1 heterocycles. The molecule has 1 atom stereocenters. The fraction of sp³-hybridized carbons (Fsp3) is 0.933. The second-order valence-corrected chi connectivity index (χ2v) is 5.63. The largest absolute Gasteiger partial charge is 0.379 e. The molecule has 0 radical (unpaired) electrons. The SMILES string of the molecule is CCNC(=NCCCOC1CCOC1)NCCC1CC1. The van der Waals surface area contributed by atoms with Gasteiger partial charge in [-0.2, -0.15) is 0 Å². The van der Waals surface area contributed by atoms with E-state index in [0.29, 0.717) is 6.10 Å². The molecule has 116 valence electrons. The van der Waals surface area contributed by atoms with Crippen LogP contribution in [0.1, 0.15) is 39.0 Å². The van der Waals surface area contributed by atoms with Crippen LogP contribution in [0.15, 0.2) is 4.99 Å². The van der Waals surface area contributed by atoms with Crippen LogP contribution in [0.4, 0.5) is 0 Å². The van der Waals surface area contributed by atoms with Crippen LogP contribution in [-0.2, 0) is 9.47 Å². The zero-order valence-corrected chi connectivity index (χ0v) is 12.7. The van der Waals surface area contributed by atoms with Crippen molar-refractivity contribution in [3.05, 3.63) is 0 Å². The Bertz CT molecular complexity index is 287. The van der Waals surface area contributed by atoms with Crippen molar-refractivity contribution >= 4 is 5.96 Å². The van der Waals surface area contributed by atoms with E-state index < -0.39 is 0 Å². The van der Waals surface area contributed by atoms with Gasteiger partial charge in [0.05, 0.1) is 12.7 Å². The molecule has 5 heteroatoms. The Morgan fingerprint density at radius 1 is 1.30 bits per heavy atom. The van der Waals surface area contributed by atoms with Gasteiger partial charge in [-0.1, -0.05) is 12.8 Å². The predicted octanol–water partition coefficient (Wildman–Crippen LogP) is 1.54. The molecular weight excluding hydrogens is 254 g/mol. The number of hydrogen-bond acceptors (Lipinski definition) is 3. The van der Waals surface area contributed by atoms with Crippen molar-refractivity contribution in [2.24, 2.45) is 10.9 Å². The number of aliphatic imine (C=N–C) groups is 1. The maximum Gasteiger partial charge on any atom is 0.191 e. The van der Waals surface area contributed by atoms with Crippen LogP contribution >= 0.6 is 0 Å². The Kier molecular flexibility index (Phi) is 7.15. The number of hydrogen-bond donors (Lipinski definition) is 2. The summed E-state index contributed by atoms with van der Waals surface area (Å²) in [6, 6.07) is 0. The minimum Gasteiger partial charge on any atom is -0.379 e. The minimum absolute atomic E-state index is 0.309. The first-order valence-electron chi connectivity index (χ1n) is 8.10. The summed E-state index contributed by atoms with van der Waals surface area (Å²) in [7, 11) is 0. The number of nitrogens with one attached hydrogen (secondary N) is 2. The van der Waals surface area contributed by atoms with Crippen LogP contribution in [0.3, 0.4) is 0 Å². The summed E-state index contributed by atoms with van der Waals surface area (Å²) in [6.07, 6.45) is 6.42. The maximum absolute atomic E-state index is 5.73. The van der Waals surface area contributed by atoms with E-state index >= 15 is 0 Å². The third kappa shape index (κ3) is 6.57. The molecule has 0 aromatic heterocycles. The lowest BCUT2D eigenvalue weighted by molar-refractivity contribution is 0.0424. The number of guanidine groups is 1. The van der Waals surface area contributed by atoms with Gasteiger partial charge in [0.1, 0.15) is 0 Å². The third-order valence-corrected chi connectivity index (χ3v) is 3.70. The normalized spacial score (nSPS) is 23.1. The van der Waals surface area contributed by atoms with Gasteiger partial charge in [0, 0.05) is 32.8 Å². The third-order valence-electron chi connectivity index (χ3n) is 3.70. The van der Waals surface area contributed by atoms with Crippen molar-refractivity contribution < 1.29 is 9.47 Å². The topological polar surface area (TPSA) is 54.9 Å². The van der Waals surface area contributed by atoms with Crippen LogP contribution in [0.5, 0.6) is 0 Å². The Balaban J connectivity index is 1.52. The van der Waals surface area contributed by atoms with Crippen LogP contribution < -0.4 is 10.6 Å². The molecule has 2 N–H and O–H groups in total. The minimum atomic E-state index is 0.309. The molecule has 20 heavy (non-hydrogen) atoms. The average Bonchev–Trinajstić information content (AvgIpc) is 3.12. The molecule has 1 aliphatic heterocycles. The van der Waals surface area contributed by atoms with E-state index in [2.05, 4.69) is 22.5 Å². The Morgan fingerprint density at radius 2 is 2.20 bits per heavy atom. The molecular formula is C15H29N3O2. The van der Waals surface area contributed by atoms with E-state index in [1.165, 1.54) is 19.3 Å². The first-order chi connectivity index (χ1) is 9.88. The van der Waals surface area contributed by atoms with Crippen molar-refractivity contribution in [3.63, 3.8) is 0 Å². The van der Waals surface area contributed by atoms with Crippen molar-refractivity contribution in [1.29, 1.82) is 0 Å². The molecule has 1 unspecified atom stereocenters. The molecule has 1 saturated carbocycles. The summed E-state index contributed by atoms with van der Waals surface area (Å²) < 4.78 is 11.0. The molecule has 0 bridgehead atoms. The molecule has 0 aromatic rings. The summed E-state index contributed by atoms with van der Waals surface area (Å²) in [6.45, 7) is 7.23. The van der Waals surface area contributed by atoms with Gasteiger partial charge < -0.3 is 20.1 Å². The summed E-state index contributed by atoms with van der Waals surface area (Å²) in [5.74, 6) is 1.91. The molecule has 2 fully saturated rings. The fourth-order valence-electron chi connectivity index (χ4n) is 2.29. The van der Waals surface area contributed by atoms with Gasteiger partial charge in [0.2, 0.25) is 0 Å². The van der Waals surface area contributed by atoms with Crippen molar-refractivity contribution in [2.75, 3.05) is 39.5 Å². The van der Waals surface area contributed by atoms with Gasteiger partial charge in [-0.15, -0.1) is 0 Å². The molecule has 1 saturated heterocycles. The highest BCUT2D eigenvalue weighted by Crippen LogP contribution is 2.31.